The molecule has 4 heteroatoms. The van der Waals surface area contributed by atoms with Crippen LogP contribution in [0.15, 0.2) is 0 Å². The number of nitrogens with zero attached hydrogens (tertiary/aromatic N) is 1. The molecule has 0 heterocycles. The second-order valence-corrected chi connectivity index (χ2v) is 1.94. The molecule has 60 valence electrons. The van der Waals surface area contributed by atoms with E-state index in [2.05, 4.69) is 10.7 Å². The Morgan fingerprint density at radius 1 is 1.50 bits per heavy atom. The fourth-order valence-electron chi connectivity index (χ4n) is 0.631. The lowest BCUT2D eigenvalue weighted by atomic mass is 10.5. The first-order chi connectivity index (χ1) is 4.85. The SMILES string of the molecule is CNCCN(CC=O)NC. The number of hydrogen-bond acceptors (Lipinski definition) is 4. The van der Waals surface area contributed by atoms with Crippen molar-refractivity contribution in [2.45, 2.75) is 0 Å². The monoisotopic (exact) mass is 145 g/mol. The largest absolute Gasteiger partial charge is 0.318 e. The van der Waals surface area contributed by atoms with Crippen LogP contribution < -0.4 is 10.7 Å². The zero-order valence-corrected chi connectivity index (χ0v) is 6.55. The van der Waals surface area contributed by atoms with Crippen LogP contribution in [0.2, 0.25) is 0 Å². The molecule has 0 aliphatic rings. The smallest absolute Gasteiger partial charge is 0.135 e. The minimum absolute atomic E-state index is 0.443. The third-order valence-corrected chi connectivity index (χ3v) is 1.24. The van der Waals surface area contributed by atoms with Gasteiger partial charge >= 0.3 is 0 Å². The van der Waals surface area contributed by atoms with Gasteiger partial charge in [-0.2, -0.15) is 0 Å². The summed E-state index contributed by atoms with van der Waals surface area (Å²) in [6.07, 6.45) is 0.881. The van der Waals surface area contributed by atoms with Crippen molar-refractivity contribution in [3.8, 4) is 0 Å². The van der Waals surface area contributed by atoms with Crippen molar-refractivity contribution in [2.24, 2.45) is 0 Å². The van der Waals surface area contributed by atoms with Gasteiger partial charge in [0.25, 0.3) is 0 Å². The second kappa shape index (κ2) is 6.67. The predicted molar refractivity (Wildman–Crippen MR) is 40.6 cm³/mol. The van der Waals surface area contributed by atoms with Gasteiger partial charge in [0.1, 0.15) is 6.29 Å². The summed E-state index contributed by atoms with van der Waals surface area (Å²) in [5.74, 6) is 0. The summed E-state index contributed by atoms with van der Waals surface area (Å²) in [6.45, 7) is 2.17. The Kier molecular flexibility index (Phi) is 6.37. The van der Waals surface area contributed by atoms with Crippen LogP contribution in [0, 0.1) is 0 Å². The molecule has 10 heavy (non-hydrogen) atoms. The Hall–Kier alpha value is -0.450. The summed E-state index contributed by atoms with van der Waals surface area (Å²) in [6, 6.07) is 0. The van der Waals surface area contributed by atoms with Gasteiger partial charge in [0.15, 0.2) is 0 Å². The highest BCUT2D eigenvalue weighted by Gasteiger charge is 1.97. The molecule has 0 radical (unpaired) electrons. The number of hydrazine groups is 1. The van der Waals surface area contributed by atoms with Crippen LogP contribution in [0.1, 0.15) is 0 Å². The quantitative estimate of drug-likeness (QED) is 0.365. The van der Waals surface area contributed by atoms with Crippen LogP contribution in [-0.4, -0.2) is 45.0 Å². The van der Waals surface area contributed by atoms with Crippen molar-refractivity contribution in [3.05, 3.63) is 0 Å². The molecule has 0 saturated heterocycles. The average Bonchev–Trinajstić information content (AvgIpc) is 1.98. The van der Waals surface area contributed by atoms with Gasteiger partial charge in [-0.3, -0.25) is 5.43 Å². The molecule has 0 amide bonds. The fourth-order valence-corrected chi connectivity index (χ4v) is 0.631. The van der Waals surface area contributed by atoms with Gasteiger partial charge in [0.05, 0.1) is 6.54 Å². The molecule has 0 aromatic heterocycles. The van der Waals surface area contributed by atoms with E-state index in [0.717, 1.165) is 19.4 Å². The zero-order chi connectivity index (χ0) is 7.82. The molecule has 0 saturated carbocycles. The minimum atomic E-state index is 0.443. The van der Waals surface area contributed by atoms with Crippen LogP contribution in [0.25, 0.3) is 0 Å². The number of hydrogen-bond donors (Lipinski definition) is 2. The van der Waals surface area contributed by atoms with E-state index < -0.39 is 0 Å². The lowest BCUT2D eigenvalue weighted by molar-refractivity contribution is -0.109. The standard InChI is InChI=1S/C6H15N3O/c1-7-3-4-9(8-2)5-6-10/h6-8H,3-5H2,1-2H3. The van der Waals surface area contributed by atoms with Crippen molar-refractivity contribution >= 4 is 6.29 Å². The van der Waals surface area contributed by atoms with E-state index in [1.165, 1.54) is 0 Å². The third-order valence-electron chi connectivity index (χ3n) is 1.24. The van der Waals surface area contributed by atoms with Crippen molar-refractivity contribution in [1.82, 2.24) is 15.8 Å². The van der Waals surface area contributed by atoms with Gasteiger partial charge in [-0.25, -0.2) is 5.01 Å². The van der Waals surface area contributed by atoms with E-state index in [4.69, 9.17) is 0 Å². The third kappa shape index (κ3) is 4.43. The van der Waals surface area contributed by atoms with E-state index in [-0.39, 0.29) is 0 Å². The van der Waals surface area contributed by atoms with Crippen LogP contribution in [0.5, 0.6) is 0 Å². The van der Waals surface area contributed by atoms with Gasteiger partial charge in [-0.1, -0.05) is 0 Å². The van der Waals surface area contributed by atoms with E-state index in [1.807, 2.05) is 12.1 Å². The molecule has 0 aliphatic carbocycles. The predicted octanol–water partition coefficient (Wildman–Crippen LogP) is -1.16. The first-order valence-electron chi connectivity index (χ1n) is 3.35. The van der Waals surface area contributed by atoms with Crippen LogP contribution in [-0.2, 0) is 4.79 Å². The Morgan fingerprint density at radius 3 is 2.60 bits per heavy atom. The molecule has 0 aliphatic heterocycles. The number of carbonyl (C=O) groups excluding carboxylic acids is 1. The highest BCUT2D eigenvalue weighted by Crippen LogP contribution is 1.74. The minimum Gasteiger partial charge on any atom is -0.318 e. The Bertz CT molecular complexity index is 87.1. The molecule has 4 nitrogen and oxygen atoms in total. The van der Waals surface area contributed by atoms with E-state index >= 15 is 0 Å². The lowest BCUT2D eigenvalue weighted by Crippen LogP contribution is -2.40. The molecule has 0 aromatic rings. The first kappa shape index (κ1) is 9.55. The molecule has 0 spiro atoms. The van der Waals surface area contributed by atoms with Crippen LogP contribution >= 0.6 is 0 Å². The fraction of sp³-hybridized carbons (Fsp3) is 0.833. The Balaban J connectivity index is 3.29. The molecule has 0 unspecified atom stereocenters. The molecule has 2 N–H and O–H groups in total. The second-order valence-electron chi connectivity index (χ2n) is 1.94. The average molecular weight is 145 g/mol. The zero-order valence-electron chi connectivity index (χ0n) is 6.55. The van der Waals surface area contributed by atoms with Gasteiger partial charge in [0, 0.05) is 13.1 Å². The normalized spacial score (nSPS) is 10.3. The summed E-state index contributed by atoms with van der Waals surface area (Å²) in [4.78, 5) is 10.0. The number of rotatable bonds is 6. The maximum absolute atomic E-state index is 10.0. The van der Waals surface area contributed by atoms with Crippen LogP contribution in [0.4, 0.5) is 0 Å². The van der Waals surface area contributed by atoms with Crippen molar-refractivity contribution in [1.29, 1.82) is 0 Å². The summed E-state index contributed by atoms with van der Waals surface area (Å²) in [5.41, 5.74) is 2.90. The van der Waals surface area contributed by atoms with E-state index in [0.29, 0.717) is 6.54 Å². The summed E-state index contributed by atoms with van der Waals surface area (Å²) < 4.78 is 0. The first-order valence-corrected chi connectivity index (χ1v) is 3.35. The molecular weight excluding hydrogens is 130 g/mol. The molecular formula is C6H15N3O. The van der Waals surface area contributed by atoms with E-state index in [9.17, 15) is 4.79 Å². The topological polar surface area (TPSA) is 44.4 Å². The highest BCUT2D eigenvalue weighted by molar-refractivity contribution is 5.51. The maximum Gasteiger partial charge on any atom is 0.135 e. The number of carbonyl (C=O) groups is 1. The molecule has 0 atom stereocenters. The van der Waals surface area contributed by atoms with Crippen LogP contribution in [0.3, 0.4) is 0 Å². The number of likely N-dealkylation sites (N-methyl/N-ethyl adjacent to an activating group) is 1. The molecule has 0 bridgehead atoms. The van der Waals surface area contributed by atoms with Gasteiger partial charge < -0.3 is 10.1 Å². The molecule has 0 rings (SSSR count). The number of aldehydes is 1. The maximum atomic E-state index is 10.0. The molecule has 0 aromatic carbocycles. The summed E-state index contributed by atoms with van der Waals surface area (Å²) >= 11 is 0. The van der Waals surface area contributed by atoms with Crippen molar-refractivity contribution < 1.29 is 4.79 Å². The number of nitrogens with one attached hydrogen (secondary N) is 2. The van der Waals surface area contributed by atoms with Crippen molar-refractivity contribution in [2.75, 3.05) is 33.7 Å². The lowest BCUT2D eigenvalue weighted by Gasteiger charge is -2.17. The summed E-state index contributed by atoms with van der Waals surface area (Å²) in [5, 5.41) is 4.83. The highest BCUT2D eigenvalue weighted by atomic mass is 16.1. The van der Waals surface area contributed by atoms with Gasteiger partial charge in [0.2, 0.25) is 0 Å². The van der Waals surface area contributed by atoms with E-state index in [1.54, 1.807) is 7.05 Å². The summed E-state index contributed by atoms with van der Waals surface area (Å²) in [7, 11) is 3.69. The Morgan fingerprint density at radius 2 is 2.20 bits per heavy atom. The Labute approximate surface area is 61.6 Å². The molecule has 0 fully saturated rings. The van der Waals surface area contributed by atoms with Crippen molar-refractivity contribution in [3.63, 3.8) is 0 Å². The van der Waals surface area contributed by atoms with Gasteiger partial charge in [-0.15, -0.1) is 0 Å². The van der Waals surface area contributed by atoms with Gasteiger partial charge in [-0.05, 0) is 14.1 Å².